The maximum atomic E-state index is 14.6. The van der Waals surface area contributed by atoms with E-state index in [1.165, 1.54) is 18.9 Å². The molecule has 2 fully saturated rings. The number of aromatic nitrogens is 3. The number of ether oxygens (including phenoxy) is 2. The summed E-state index contributed by atoms with van der Waals surface area (Å²) in [5, 5.41) is 13.7. The molecule has 2 aromatic heterocycles. The predicted octanol–water partition coefficient (Wildman–Crippen LogP) is 6.31. The van der Waals surface area contributed by atoms with Gasteiger partial charge in [0.15, 0.2) is 0 Å². The molecule has 1 N–H and O–H groups in total. The Hall–Kier alpha value is -4.45. The van der Waals surface area contributed by atoms with Crippen molar-refractivity contribution in [3.8, 4) is 29.1 Å². The number of nitrogens with one attached hydrogen (secondary N) is 1. The van der Waals surface area contributed by atoms with E-state index in [4.69, 9.17) is 4.74 Å². The molecule has 0 amide bonds. The van der Waals surface area contributed by atoms with Gasteiger partial charge in [0, 0.05) is 43.0 Å². The second-order valence-electron chi connectivity index (χ2n) is 9.92. The van der Waals surface area contributed by atoms with Crippen LogP contribution in [-0.2, 0) is 16.1 Å². The number of nitrogens with zero attached hydrogens (tertiary/aromatic N) is 4. The summed E-state index contributed by atoms with van der Waals surface area (Å²) in [4.78, 5) is 17.9. The summed E-state index contributed by atoms with van der Waals surface area (Å²) >= 11 is 0. The molecule has 4 aromatic rings. The molecule has 9 heteroatoms. The molecule has 6 rings (SSSR count). The molecule has 0 spiro atoms. The quantitative estimate of drug-likeness (QED) is 0.254. The molecule has 2 aliphatic rings. The van der Waals surface area contributed by atoms with Crippen molar-refractivity contribution in [2.45, 2.75) is 45.3 Å². The molecule has 0 bridgehead atoms. The van der Waals surface area contributed by atoms with Crippen LogP contribution in [0.3, 0.4) is 0 Å². The molecule has 2 saturated carbocycles. The number of halogens is 1. The Morgan fingerprint density at radius 1 is 1.18 bits per heavy atom. The number of hydrogen-bond acceptors (Lipinski definition) is 7. The van der Waals surface area contributed by atoms with Crippen LogP contribution in [0.15, 0.2) is 54.9 Å². The van der Waals surface area contributed by atoms with Crippen LogP contribution < -0.4 is 10.1 Å². The van der Waals surface area contributed by atoms with Gasteiger partial charge in [0.25, 0.3) is 6.47 Å². The van der Waals surface area contributed by atoms with Gasteiger partial charge < -0.3 is 19.4 Å². The highest BCUT2D eigenvalue weighted by molar-refractivity contribution is 5.95. The number of carbonyl (C=O) groups excluding carboxylic acids is 1. The van der Waals surface area contributed by atoms with Crippen LogP contribution in [0, 0.1) is 29.0 Å². The van der Waals surface area contributed by atoms with Crippen molar-refractivity contribution in [3.05, 3.63) is 66.2 Å². The molecule has 2 heterocycles. The van der Waals surface area contributed by atoms with Crippen LogP contribution in [0.5, 0.6) is 11.8 Å². The Morgan fingerprint density at radius 3 is 2.56 bits per heavy atom. The molecule has 2 aliphatic carbocycles. The third-order valence-electron chi connectivity index (χ3n) is 7.10. The minimum absolute atomic E-state index is 0.160. The molecular formula is C30H30FN5O3. The summed E-state index contributed by atoms with van der Waals surface area (Å²) in [5.74, 6) is 1.46. The van der Waals surface area contributed by atoms with Crippen LogP contribution in [0.4, 0.5) is 10.1 Å². The topological polar surface area (TPSA) is 102 Å². The first-order valence-corrected chi connectivity index (χ1v) is 13.1. The lowest BCUT2D eigenvalue weighted by atomic mass is 10.1. The second-order valence-corrected chi connectivity index (χ2v) is 9.92. The normalized spacial score (nSPS) is 15.0. The predicted molar refractivity (Wildman–Crippen MR) is 146 cm³/mol. The van der Waals surface area contributed by atoms with Crippen LogP contribution in [-0.4, -0.2) is 34.2 Å². The minimum Gasteiger partial charge on any atom is -0.465 e. The molecule has 8 nitrogen and oxygen atoms in total. The Bertz CT molecular complexity index is 1510. The van der Waals surface area contributed by atoms with Crippen molar-refractivity contribution in [2.24, 2.45) is 11.8 Å². The Labute approximate surface area is 226 Å². The lowest BCUT2D eigenvalue weighted by Gasteiger charge is -2.12. The second kappa shape index (κ2) is 11.5. The van der Waals surface area contributed by atoms with Crippen molar-refractivity contribution >= 4 is 23.1 Å². The highest BCUT2D eigenvalue weighted by atomic mass is 19.1. The van der Waals surface area contributed by atoms with E-state index >= 15 is 0 Å². The van der Waals surface area contributed by atoms with E-state index in [2.05, 4.69) is 30.7 Å². The van der Waals surface area contributed by atoms with E-state index in [0.717, 1.165) is 36.0 Å². The van der Waals surface area contributed by atoms with Crippen LogP contribution in [0.2, 0.25) is 0 Å². The average molecular weight is 528 g/mol. The Kier molecular flexibility index (Phi) is 7.73. The van der Waals surface area contributed by atoms with E-state index < -0.39 is 0 Å². The van der Waals surface area contributed by atoms with Crippen molar-refractivity contribution in [1.82, 2.24) is 14.5 Å². The van der Waals surface area contributed by atoms with Gasteiger partial charge in [0.05, 0.1) is 22.5 Å². The van der Waals surface area contributed by atoms with E-state index in [-0.39, 0.29) is 17.9 Å². The molecule has 2 aromatic carbocycles. The Balaban J connectivity index is 0.000000332. The minimum atomic E-state index is -0.350. The summed E-state index contributed by atoms with van der Waals surface area (Å²) in [7, 11) is 1.68. The standard InChI is InChI=1S/C24H20FN5O.C6H10O2/c1-27-21-8-5-16(11-20(21)25)23-19(13-26)18-7-6-17(31-24-28-9-2-10-29-24)12-22(18)30(23)14-15-3-4-15;1-5(8-4-7)6-2-3-6/h2,5-12,15,27H,3-4,14H2,1H3;4-6H,2-3H2,1H3/t;5-/m.1/s1. The molecule has 0 unspecified atom stereocenters. The number of carbonyl (C=O) groups is 1. The highest BCUT2D eigenvalue weighted by Crippen LogP contribution is 2.40. The van der Waals surface area contributed by atoms with E-state index in [9.17, 15) is 14.4 Å². The number of hydrogen-bond donors (Lipinski definition) is 1. The van der Waals surface area contributed by atoms with Gasteiger partial charge in [0.2, 0.25) is 0 Å². The first-order chi connectivity index (χ1) is 19.0. The van der Waals surface area contributed by atoms with Gasteiger partial charge >= 0.3 is 6.01 Å². The van der Waals surface area contributed by atoms with Crippen molar-refractivity contribution in [2.75, 3.05) is 12.4 Å². The van der Waals surface area contributed by atoms with Gasteiger partial charge in [-0.3, -0.25) is 4.79 Å². The molecule has 200 valence electrons. The number of nitriles is 1. The monoisotopic (exact) mass is 527 g/mol. The number of fused-ring (bicyclic) bond motifs is 1. The molecular weight excluding hydrogens is 497 g/mol. The molecule has 0 aliphatic heterocycles. The van der Waals surface area contributed by atoms with Gasteiger partial charge in [-0.1, -0.05) is 6.07 Å². The van der Waals surface area contributed by atoms with E-state index in [1.807, 2.05) is 25.1 Å². The molecule has 0 saturated heterocycles. The summed E-state index contributed by atoms with van der Waals surface area (Å²) in [6.07, 6.45) is 8.17. The fraction of sp³-hybridized carbons (Fsp3) is 0.333. The third-order valence-corrected chi connectivity index (χ3v) is 7.10. The highest BCUT2D eigenvalue weighted by Gasteiger charge is 2.29. The number of rotatable bonds is 9. The zero-order valence-electron chi connectivity index (χ0n) is 21.9. The van der Waals surface area contributed by atoms with Crippen molar-refractivity contribution in [1.29, 1.82) is 5.26 Å². The smallest absolute Gasteiger partial charge is 0.321 e. The number of benzene rings is 2. The van der Waals surface area contributed by atoms with Crippen LogP contribution in [0.25, 0.3) is 22.2 Å². The van der Waals surface area contributed by atoms with Gasteiger partial charge in [-0.15, -0.1) is 0 Å². The molecule has 1 atom stereocenters. The summed E-state index contributed by atoms with van der Waals surface area (Å²) in [6, 6.07) is 14.9. The fourth-order valence-corrected chi connectivity index (χ4v) is 4.63. The van der Waals surface area contributed by atoms with Crippen LogP contribution in [0.1, 0.15) is 38.2 Å². The average Bonchev–Trinajstić information content (AvgIpc) is 3.88. The van der Waals surface area contributed by atoms with Gasteiger partial charge in [0.1, 0.15) is 23.7 Å². The molecule has 39 heavy (non-hydrogen) atoms. The molecule has 0 radical (unpaired) electrons. The van der Waals surface area contributed by atoms with Gasteiger partial charge in [-0.25, -0.2) is 14.4 Å². The van der Waals surface area contributed by atoms with E-state index in [0.29, 0.717) is 40.9 Å². The largest absolute Gasteiger partial charge is 0.465 e. The van der Waals surface area contributed by atoms with Crippen molar-refractivity contribution in [3.63, 3.8) is 0 Å². The summed E-state index contributed by atoms with van der Waals surface area (Å²) in [6.45, 7) is 3.24. The first kappa shape index (κ1) is 26.2. The number of anilines is 1. The van der Waals surface area contributed by atoms with E-state index in [1.54, 1.807) is 37.6 Å². The van der Waals surface area contributed by atoms with Gasteiger partial charge in [-0.2, -0.15) is 5.26 Å². The third kappa shape index (κ3) is 6.01. The summed E-state index contributed by atoms with van der Waals surface area (Å²) in [5.41, 5.74) is 3.25. The lowest BCUT2D eigenvalue weighted by Crippen LogP contribution is -2.08. The maximum Gasteiger partial charge on any atom is 0.321 e. The summed E-state index contributed by atoms with van der Waals surface area (Å²) < 4.78 is 27.2. The van der Waals surface area contributed by atoms with Gasteiger partial charge in [-0.05, 0) is 74.8 Å². The SMILES string of the molecule is CNc1ccc(-c2c(C#N)c3ccc(Oc4ncccn4)cc3n2CC2CC2)cc1F.C[C@@H](OC=O)C1CC1. The van der Waals surface area contributed by atoms with Crippen molar-refractivity contribution < 1.29 is 18.7 Å². The Morgan fingerprint density at radius 2 is 1.95 bits per heavy atom. The maximum absolute atomic E-state index is 14.6. The fourth-order valence-electron chi connectivity index (χ4n) is 4.63. The first-order valence-electron chi connectivity index (χ1n) is 13.1. The lowest BCUT2D eigenvalue weighted by molar-refractivity contribution is -0.133. The zero-order valence-corrected chi connectivity index (χ0v) is 21.9. The zero-order chi connectivity index (χ0) is 27.4. The van der Waals surface area contributed by atoms with Crippen LogP contribution >= 0.6 is 0 Å².